The molecule has 1 aromatic heterocycles. The topological polar surface area (TPSA) is 24.9 Å². The van der Waals surface area contributed by atoms with Crippen LogP contribution in [0, 0.1) is 12.3 Å². The molecule has 1 atom stereocenters. The first kappa shape index (κ1) is 9.72. The number of hydrogen-bond donors (Lipinski definition) is 1. The van der Waals surface area contributed by atoms with E-state index in [1.54, 1.807) is 17.5 Å². The lowest BCUT2D eigenvalue weighted by Crippen LogP contribution is -2.18. The van der Waals surface area contributed by atoms with Gasteiger partial charge in [0.1, 0.15) is 5.01 Å². The van der Waals surface area contributed by atoms with Gasteiger partial charge in [-0.05, 0) is 22.9 Å². The van der Waals surface area contributed by atoms with Crippen LogP contribution in [0.5, 0.6) is 0 Å². The lowest BCUT2D eigenvalue weighted by molar-refractivity contribution is 0.619. The second-order valence-electron chi connectivity index (χ2n) is 2.31. The molecule has 1 rings (SSSR count). The van der Waals surface area contributed by atoms with Crippen molar-refractivity contribution in [2.45, 2.75) is 13.0 Å². The van der Waals surface area contributed by atoms with E-state index in [9.17, 15) is 0 Å². The second kappa shape index (κ2) is 4.61. The third-order valence-electron chi connectivity index (χ3n) is 1.38. The summed E-state index contributed by atoms with van der Waals surface area (Å²) in [5, 5.41) is 4.21. The van der Waals surface area contributed by atoms with E-state index in [0.717, 1.165) is 8.79 Å². The highest BCUT2D eigenvalue weighted by Crippen LogP contribution is 2.23. The summed E-state index contributed by atoms with van der Waals surface area (Å²) >= 11 is 4.98. The van der Waals surface area contributed by atoms with Crippen LogP contribution < -0.4 is 5.32 Å². The number of aromatic nitrogens is 1. The maximum absolute atomic E-state index is 5.12. The molecule has 0 saturated heterocycles. The average molecular weight is 245 g/mol. The fourth-order valence-electron chi connectivity index (χ4n) is 0.766. The molecule has 1 heterocycles. The zero-order valence-electron chi connectivity index (χ0n) is 6.67. The van der Waals surface area contributed by atoms with Crippen molar-refractivity contribution in [1.29, 1.82) is 0 Å². The van der Waals surface area contributed by atoms with E-state index < -0.39 is 0 Å². The van der Waals surface area contributed by atoms with E-state index in [1.807, 2.05) is 6.92 Å². The summed E-state index contributed by atoms with van der Waals surface area (Å²) in [7, 11) is 0. The smallest absolute Gasteiger partial charge is 0.110 e. The molecule has 1 aromatic rings. The molecule has 2 nitrogen and oxygen atoms in total. The Bertz CT molecular complexity index is 289. The van der Waals surface area contributed by atoms with Crippen LogP contribution in [0.1, 0.15) is 18.0 Å². The van der Waals surface area contributed by atoms with Crippen molar-refractivity contribution < 1.29 is 0 Å². The van der Waals surface area contributed by atoms with Gasteiger partial charge in [-0.25, -0.2) is 4.98 Å². The molecule has 1 N–H and O–H groups in total. The van der Waals surface area contributed by atoms with Crippen molar-refractivity contribution in [3.63, 3.8) is 0 Å². The fourth-order valence-corrected chi connectivity index (χ4v) is 2.04. The lowest BCUT2D eigenvalue weighted by atomic mass is 10.3. The third-order valence-corrected chi connectivity index (χ3v) is 3.03. The van der Waals surface area contributed by atoms with Gasteiger partial charge in [0.15, 0.2) is 0 Å². The molecule has 0 bridgehead atoms. The Morgan fingerprint density at radius 1 is 1.92 bits per heavy atom. The Labute approximate surface area is 84.5 Å². The predicted molar refractivity (Wildman–Crippen MR) is 55.1 cm³/mol. The standard InChI is InChI=1S/C8H9BrN2S/c1-3-4-10-6(2)8-11-5-7(9)12-8/h1,5-6,10H,4H2,2H3. The van der Waals surface area contributed by atoms with Crippen LogP contribution in [0.2, 0.25) is 0 Å². The summed E-state index contributed by atoms with van der Waals surface area (Å²) in [6.07, 6.45) is 6.92. The van der Waals surface area contributed by atoms with Crippen molar-refractivity contribution in [3.8, 4) is 12.3 Å². The van der Waals surface area contributed by atoms with Gasteiger partial charge < -0.3 is 0 Å². The third kappa shape index (κ3) is 2.59. The Hall–Kier alpha value is -0.370. The van der Waals surface area contributed by atoms with Gasteiger partial charge in [-0.3, -0.25) is 5.32 Å². The summed E-state index contributed by atoms with van der Waals surface area (Å²) in [4.78, 5) is 4.21. The molecule has 0 amide bonds. The van der Waals surface area contributed by atoms with Gasteiger partial charge in [0.05, 0.1) is 22.6 Å². The fraction of sp³-hybridized carbons (Fsp3) is 0.375. The van der Waals surface area contributed by atoms with E-state index in [2.05, 4.69) is 32.2 Å². The normalized spacial score (nSPS) is 12.4. The number of thiazole rings is 1. The van der Waals surface area contributed by atoms with Crippen LogP contribution in [0.3, 0.4) is 0 Å². The predicted octanol–water partition coefficient (Wildman–Crippen LogP) is 2.19. The average Bonchev–Trinajstić information content (AvgIpc) is 2.47. The largest absolute Gasteiger partial charge is 0.297 e. The SMILES string of the molecule is C#CCNC(C)c1ncc(Br)s1. The number of halogens is 1. The summed E-state index contributed by atoms with van der Waals surface area (Å²) in [5.74, 6) is 2.53. The minimum atomic E-state index is 0.234. The number of nitrogens with zero attached hydrogens (tertiary/aromatic N) is 1. The Morgan fingerprint density at radius 2 is 2.67 bits per heavy atom. The zero-order chi connectivity index (χ0) is 8.97. The monoisotopic (exact) mass is 244 g/mol. The quantitative estimate of drug-likeness (QED) is 0.825. The molecule has 4 heteroatoms. The van der Waals surface area contributed by atoms with Crippen molar-refractivity contribution in [3.05, 3.63) is 15.0 Å². The molecule has 12 heavy (non-hydrogen) atoms. The maximum Gasteiger partial charge on any atom is 0.110 e. The zero-order valence-corrected chi connectivity index (χ0v) is 9.08. The molecule has 0 aliphatic carbocycles. The van der Waals surface area contributed by atoms with Crippen LogP contribution in [0.4, 0.5) is 0 Å². The van der Waals surface area contributed by atoms with Crippen LogP contribution in [0.15, 0.2) is 9.98 Å². The Morgan fingerprint density at radius 3 is 3.17 bits per heavy atom. The number of terminal acetylenes is 1. The van der Waals surface area contributed by atoms with Crippen molar-refractivity contribution in [2.75, 3.05) is 6.54 Å². The number of nitrogens with one attached hydrogen (secondary N) is 1. The summed E-state index contributed by atoms with van der Waals surface area (Å²) in [5.41, 5.74) is 0. The van der Waals surface area contributed by atoms with Crippen LogP contribution >= 0.6 is 27.3 Å². The van der Waals surface area contributed by atoms with E-state index in [0.29, 0.717) is 6.54 Å². The molecular formula is C8H9BrN2S. The van der Waals surface area contributed by atoms with Gasteiger partial charge in [0.2, 0.25) is 0 Å². The van der Waals surface area contributed by atoms with Gasteiger partial charge in [-0.15, -0.1) is 17.8 Å². The van der Waals surface area contributed by atoms with Gasteiger partial charge in [-0.1, -0.05) is 5.92 Å². The molecule has 0 radical (unpaired) electrons. The summed E-state index contributed by atoms with van der Waals surface area (Å²) < 4.78 is 1.05. The minimum Gasteiger partial charge on any atom is -0.297 e. The molecule has 1 unspecified atom stereocenters. The molecule has 64 valence electrons. The Balaban J connectivity index is 2.54. The van der Waals surface area contributed by atoms with E-state index >= 15 is 0 Å². The molecular weight excluding hydrogens is 236 g/mol. The molecule has 0 aliphatic heterocycles. The first-order valence-electron chi connectivity index (χ1n) is 3.52. The Kier molecular flexibility index (Phi) is 3.73. The molecule has 0 fully saturated rings. The summed E-state index contributed by atoms with van der Waals surface area (Å²) in [6.45, 7) is 2.63. The van der Waals surface area contributed by atoms with Crippen molar-refractivity contribution in [2.24, 2.45) is 0 Å². The van der Waals surface area contributed by atoms with Gasteiger partial charge >= 0.3 is 0 Å². The molecule has 0 saturated carbocycles. The molecule has 0 aliphatic rings. The molecule has 0 aromatic carbocycles. The van der Waals surface area contributed by atoms with Crippen LogP contribution in [-0.4, -0.2) is 11.5 Å². The van der Waals surface area contributed by atoms with Crippen LogP contribution in [-0.2, 0) is 0 Å². The first-order chi connectivity index (χ1) is 5.74. The summed E-state index contributed by atoms with van der Waals surface area (Å²) in [6, 6.07) is 0.234. The van der Waals surface area contributed by atoms with Crippen LogP contribution in [0.25, 0.3) is 0 Å². The second-order valence-corrected chi connectivity index (χ2v) is 4.75. The van der Waals surface area contributed by atoms with Gasteiger partial charge in [-0.2, -0.15) is 0 Å². The van der Waals surface area contributed by atoms with Crippen molar-refractivity contribution >= 4 is 27.3 Å². The highest BCUT2D eigenvalue weighted by atomic mass is 79.9. The highest BCUT2D eigenvalue weighted by molar-refractivity contribution is 9.11. The van der Waals surface area contributed by atoms with Gasteiger partial charge in [0, 0.05) is 0 Å². The first-order valence-corrected chi connectivity index (χ1v) is 5.13. The molecule has 0 spiro atoms. The van der Waals surface area contributed by atoms with Gasteiger partial charge in [0.25, 0.3) is 0 Å². The van der Waals surface area contributed by atoms with E-state index in [4.69, 9.17) is 6.42 Å². The highest BCUT2D eigenvalue weighted by Gasteiger charge is 2.07. The van der Waals surface area contributed by atoms with E-state index in [1.165, 1.54) is 0 Å². The lowest BCUT2D eigenvalue weighted by Gasteiger charge is -2.06. The van der Waals surface area contributed by atoms with Crippen molar-refractivity contribution in [1.82, 2.24) is 10.3 Å². The minimum absolute atomic E-state index is 0.234. The maximum atomic E-state index is 5.12. The number of hydrogen-bond acceptors (Lipinski definition) is 3. The number of rotatable bonds is 3. The van der Waals surface area contributed by atoms with E-state index in [-0.39, 0.29) is 6.04 Å².